The molecule has 17 heavy (non-hydrogen) atoms. The van der Waals surface area contributed by atoms with Crippen molar-refractivity contribution < 1.29 is 14.6 Å². The molecule has 0 aliphatic heterocycles. The molecule has 1 aromatic carbocycles. The van der Waals surface area contributed by atoms with Crippen molar-refractivity contribution in [1.82, 2.24) is 5.32 Å². The minimum absolute atomic E-state index is 0.0659. The van der Waals surface area contributed by atoms with Gasteiger partial charge in [-0.15, -0.1) is 0 Å². The summed E-state index contributed by atoms with van der Waals surface area (Å²) in [6.07, 6.45) is 1.10. The lowest BCUT2D eigenvalue weighted by Gasteiger charge is -2.07. The molecule has 5 nitrogen and oxygen atoms in total. The fourth-order valence-electron chi connectivity index (χ4n) is 1.41. The summed E-state index contributed by atoms with van der Waals surface area (Å²) < 4.78 is 4.85. The number of anilines is 1. The van der Waals surface area contributed by atoms with Gasteiger partial charge in [-0.2, -0.15) is 0 Å². The van der Waals surface area contributed by atoms with E-state index in [9.17, 15) is 9.90 Å². The molecule has 0 radical (unpaired) electrons. The molecule has 0 unspecified atom stereocenters. The van der Waals surface area contributed by atoms with Gasteiger partial charge in [0.15, 0.2) is 0 Å². The molecular weight excluding hydrogens is 220 g/mol. The zero-order chi connectivity index (χ0) is 12.7. The second kappa shape index (κ2) is 6.75. The van der Waals surface area contributed by atoms with Crippen molar-refractivity contribution in [3.05, 3.63) is 23.8 Å². The number of ether oxygens (including phenoxy) is 1. The summed E-state index contributed by atoms with van der Waals surface area (Å²) in [4.78, 5) is 11.4. The standard InChI is InChI=1S/C12H18N2O3/c1-17-6-2-3-12(16)14-8-9-7-10(13)4-5-11(9)15/h4-5,7,15H,2-3,6,8,13H2,1H3,(H,14,16). The van der Waals surface area contributed by atoms with Crippen molar-refractivity contribution in [1.29, 1.82) is 0 Å². The van der Waals surface area contributed by atoms with Gasteiger partial charge in [0.05, 0.1) is 0 Å². The van der Waals surface area contributed by atoms with Gasteiger partial charge >= 0.3 is 0 Å². The summed E-state index contributed by atoms with van der Waals surface area (Å²) in [6, 6.07) is 4.77. The van der Waals surface area contributed by atoms with E-state index in [-0.39, 0.29) is 18.2 Å². The molecule has 1 rings (SSSR count). The molecule has 0 aromatic heterocycles. The van der Waals surface area contributed by atoms with Crippen molar-refractivity contribution in [3.63, 3.8) is 0 Å². The Morgan fingerprint density at radius 1 is 1.53 bits per heavy atom. The number of methoxy groups -OCH3 is 1. The number of carbonyl (C=O) groups excluding carboxylic acids is 1. The molecule has 5 heteroatoms. The summed E-state index contributed by atoms with van der Waals surface area (Å²) in [5, 5.41) is 12.3. The average molecular weight is 238 g/mol. The van der Waals surface area contributed by atoms with Gasteiger partial charge in [-0.25, -0.2) is 0 Å². The molecule has 0 fully saturated rings. The van der Waals surface area contributed by atoms with Crippen LogP contribution in [0.5, 0.6) is 5.75 Å². The first-order valence-corrected chi connectivity index (χ1v) is 5.46. The number of hydrogen-bond acceptors (Lipinski definition) is 4. The number of carbonyl (C=O) groups is 1. The van der Waals surface area contributed by atoms with Gasteiger partial charge in [0, 0.05) is 37.9 Å². The third kappa shape index (κ3) is 4.74. The van der Waals surface area contributed by atoms with Crippen molar-refractivity contribution >= 4 is 11.6 Å². The van der Waals surface area contributed by atoms with Crippen LogP contribution >= 0.6 is 0 Å². The lowest BCUT2D eigenvalue weighted by atomic mass is 10.1. The molecule has 0 bridgehead atoms. The van der Waals surface area contributed by atoms with Crippen molar-refractivity contribution in [2.45, 2.75) is 19.4 Å². The van der Waals surface area contributed by atoms with Crippen LogP contribution in [0.25, 0.3) is 0 Å². The van der Waals surface area contributed by atoms with E-state index in [1.165, 1.54) is 6.07 Å². The Labute approximate surface area is 101 Å². The van der Waals surface area contributed by atoms with E-state index in [2.05, 4.69) is 5.32 Å². The first-order chi connectivity index (χ1) is 8.13. The number of nitrogens with two attached hydrogens (primary N) is 1. The zero-order valence-corrected chi connectivity index (χ0v) is 9.90. The molecule has 0 aliphatic rings. The highest BCUT2D eigenvalue weighted by Crippen LogP contribution is 2.19. The van der Waals surface area contributed by atoms with Crippen molar-refractivity contribution in [2.24, 2.45) is 0 Å². The summed E-state index contributed by atoms with van der Waals surface area (Å²) in [5.41, 5.74) is 6.77. The molecule has 0 spiro atoms. The highest BCUT2D eigenvalue weighted by Gasteiger charge is 2.04. The molecule has 1 amide bonds. The Bertz CT molecular complexity index is 380. The predicted octanol–water partition coefficient (Wildman–Crippen LogP) is 1.02. The van der Waals surface area contributed by atoms with E-state index in [1.54, 1.807) is 19.2 Å². The summed E-state index contributed by atoms with van der Waals surface area (Å²) >= 11 is 0. The van der Waals surface area contributed by atoms with Gasteiger partial charge < -0.3 is 20.9 Å². The Hall–Kier alpha value is -1.75. The van der Waals surface area contributed by atoms with Crippen LogP contribution in [0.4, 0.5) is 5.69 Å². The summed E-state index contributed by atoms with van der Waals surface area (Å²) in [6.45, 7) is 0.847. The van der Waals surface area contributed by atoms with Gasteiger partial charge in [0.1, 0.15) is 5.75 Å². The topological polar surface area (TPSA) is 84.6 Å². The highest BCUT2D eigenvalue weighted by molar-refractivity contribution is 5.75. The van der Waals surface area contributed by atoms with Gasteiger partial charge in [-0.05, 0) is 24.6 Å². The van der Waals surface area contributed by atoms with Crippen LogP contribution in [-0.2, 0) is 16.1 Å². The lowest BCUT2D eigenvalue weighted by molar-refractivity contribution is -0.121. The van der Waals surface area contributed by atoms with E-state index in [4.69, 9.17) is 10.5 Å². The Morgan fingerprint density at radius 3 is 3.00 bits per heavy atom. The molecule has 0 heterocycles. The number of aromatic hydroxyl groups is 1. The maximum atomic E-state index is 11.4. The number of phenolic OH excluding ortho intramolecular Hbond substituents is 1. The quantitative estimate of drug-likeness (QED) is 0.392. The summed E-state index contributed by atoms with van der Waals surface area (Å²) in [7, 11) is 1.60. The lowest BCUT2D eigenvalue weighted by Crippen LogP contribution is -2.22. The van der Waals surface area contributed by atoms with Crippen LogP contribution in [0.2, 0.25) is 0 Å². The number of benzene rings is 1. The van der Waals surface area contributed by atoms with Crippen molar-refractivity contribution in [3.8, 4) is 5.75 Å². The highest BCUT2D eigenvalue weighted by atomic mass is 16.5. The van der Waals surface area contributed by atoms with Crippen LogP contribution < -0.4 is 11.1 Å². The Kier molecular flexibility index (Phi) is 5.29. The van der Waals surface area contributed by atoms with E-state index in [1.807, 2.05) is 0 Å². The minimum atomic E-state index is -0.0659. The Balaban J connectivity index is 2.39. The first kappa shape index (κ1) is 13.3. The van der Waals surface area contributed by atoms with Crippen LogP contribution in [0.3, 0.4) is 0 Å². The van der Waals surface area contributed by atoms with E-state index in [0.717, 1.165) is 0 Å². The van der Waals surface area contributed by atoms with E-state index in [0.29, 0.717) is 30.7 Å². The second-order valence-corrected chi connectivity index (χ2v) is 3.76. The zero-order valence-electron chi connectivity index (χ0n) is 9.90. The Morgan fingerprint density at radius 2 is 2.29 bits per heavy atom. The van der Waals surface area contributed by atoms with Gasteiger partial charge in [0.2, 0.25) is 5.91 Å². The smallest absolute Gasteiger partial charge is 0.220 e. The third-order valence-corrected chi connectivity index (χ3v) is 2.33. The number of nitrogen functional groups attached to an aromatic ring is 1. The SMILES string of the molecule is COCCCC(=O)NCc1cc(N)ccc1O. The first-order valence-electron chi connectivity index (χ1n) is 5.46. The number of rotatable bonds is 6. The van der Waals surface area contributed by atoms with E-state index < -0.39 is 0 Å². The molecule has 0 saturated heterocycles. The average Bonchev–Trinajstić information content (AvgIpc) is 2.31. The fourth-order valence-corrected chi connectivity index (χ4v) is 1.41. The van der Waals surface area contributed by atoms with Crippen LogP contribution in [0, 0.1) is 0 Å². The maximum absolute atomic E-state index is 11.4. The van der Waals surface area contributed by atoms with Gasteiger partial charge in [-0.1, -0.05) is 0 Å². The third-order valence-electron chi connectivity index (χ3n) is 2.33. The van der Waals surface area contributed by atoms with Gasteiger partial charge in [0.25, 0.3) is 0 Å². The number of amides is 1. The molecule has 4 N–H and O–H groups in total. The minimum Gasteiger partial charge on any atom is -0.508 e. The van der Waals surface area contributed by atoms with E-state index >= 15 is 0 Å². The maximum Gasteiger partial charge on any atom is 0.220 e. The van der Waals surface area contributed by atoms with Gasteiger partial charge in [-0.3, -0.25) is 4.79 Å². The number of phenols is 1. The molecule has 0 aliphatic carbocycles. The summed E-state index contributed by atoms with van der Waals surface area (Å²) in [5.74, 6) is 0.0697. The monoisotopic (exact) mass is 238 g/mol. The van der Waals surface area contributed by atoms with Crippen molar-refractivity contribution in [2.75, 3.05) is 19.5 Å². The number of nitrogens with one attached hydrogen (secondary N) is 1. The molecular formula is C12H18N2O3. The molecule has 0 saturated carbocycles. The molecule has 0 atom stereocenters. The molecule has 94 valence electrons. The number of hydrogen-bond donors (Lipinski definition) is 3. The predicted molar refractivity (Wildman–Crippen MR) is 65.5 cm³/mol. The van der Waals surface area contributed by atoms with Crippen LogP contribution in [0.15, 0.2) is 18.2 Å². The molecule has 1 aromatic rings. The van der Waals surface area contributed by atoms with Crippen LogP contribution in [0.1, 0.15) is 18.4 Å². The van der Waals surface area contributed by atoms with Crippen LogP contribution in [-0.4, -0.2) is 24.7 Å². The fraction of sp³-hybridized carbons (Fsp3) is 0.417. The normalized spacial score (nSPS) is 10.2. The largest absolute Gasteiger partial charge is 0.508 e. The second-order valence-electron chi connectivity index (χ2n) is 3.76.